The van der Waals surface area contributed by atoms with Crippen LogP contribution in [-0.4, -0.2) is 35.5 Å². The fourth-order valence-electron chi connectivity index (χ4n) is 3.32. The van der Waals surface area contributed by atoms with Crippen molar-refractivity contribution in [1.82, 2.24) is 4.98 Å². The van der Waals surface area contributed by atoms with Gasteiger partial charge in [-0.25, -0.2) is 9.59 Å². The van der Waals surface area contributed by atoms with E-state index >= 15 is 0 Å². The van der Waals surface area contributed by atoms with Crippen molar-refractivity contribution in [2.45, 2.75) is 60.5 Å². The number of carbonyl (C=O) groups is 3. The summed E-state index contributed by atoms with van der Waals surface area (Å²) in [6.07, 6.45) is 1.28. The number of esters is 2. The number of H-pyrrole nitrogens is 1. The Morgan fingerprint density at radius 3 is 2.17 bits per heavy atom. The maximum absolute atomic E-state index is 12.5. The van der Waals surface area contributed by atoms with Gasteiger partial charge in [-0.05, 0) is 57.2 Å². The Morgan fingerprint density at radius 1 is 1.03 bits per heavy atom. The van der Waals surface area contributed by atoms with Crippen LogP contribution >= 0.6 is 0 Å². The summed E-state index contributed by atoms with van der Waals surface area (Å²) in [4.78, 5) is 40.0. The molecular formula is C23H30N2O5. The number of amides is 1. The minimum absolute atomic E-state index is 0.138. The Morgan fingerprint density at radius 2 is 1.63 bits per heavy atom. The molecule has 1 amide bonds. The van der Waals surface area contributed by atoms with E-state index in [0.717, 1.165) is 29.7 Å². The van der Waals surface area contributed by atoms with Gasteiger partial charge in [-0.1, -0.05) is 32.0 Å². The second kappa shape index (κ2) is 10.1. The van der Waals surface area contributed by atoms with E-state index in [1.54, 1.807) is 27.7 Å². The van der Waals surface area contributed by atoms with Crippen LogP contribution in [-0.2, 0) is 27.1 Å². The highest BCUT2D eigenvalue weighted by Gasteiger charge is 2.25. The SMILES string of the molecule is CCc1cccc(CC)c1NC(=O)COC(=O)c1[nH]c(C)c(C(=O)OC(C)C)c1C. The summed E-state index contributed by atoms with van der Waals surface area (Å²) in [5, 5.41) is 2.86. The van der Waals surface area contributed by atoms with Crippen molar-refractivity contribution in [2.24, 2.45) is 0 Å². The van der Waals surface area contributed by atoms with Gasteiger partial charge in [0.1, 0.15) is 5.69 Å². The molecule has 30 heavy (non-hydrogen) atoms. The van der Waals surface area contributed by atoms with E-state index in [1.807, 2.05) is 32.0 Å². The van der Waals surface area contributed by atoms with Gasteiger partial charge < -0.3 is 19.8 Å². The van der Waals surface area contributed by atoms with Gasteiger partial charge in [0, 0.05) is 11.4 Å². The first kappa shape index (κ1) is 23.2. The van der Waals surface area contributed by atoms with Crippen LogP contribution in [0.4, 0.5) is 5.69 Å². The zero-order valence-corrected chi connectivity index (χ0v) is 18.5. The predicted molar refractivity (Wildman–Crippen MR) is 115 cm³/mol. The van der Waals surface area contributed by atoms with Crippen molar-refractivity contribution >= 4 is 23.5 Å². The van der Waals surface area contributed by atoms with Gasteiger partial charge in [0.25, 0.3) is 5.91 Å². The van der Waals surface area contributed by atoms with E-state index in [0.29, 0.717) is 16.8 Å². The van der Waals surface area contributed by atoms with E-state index in [4.69, 9.17) is 9.47 Å². The molecule has 0 aliphatic heterocycles. The minimum Gasteiger partial charge on any atom is -0.459 e. The summed E-state index contributed by atoms with van der Waals surface area (Å²) in [6, 6.07) is 5.89. The number of benzene rings is 1. The van der Waals surface area contributed by atoms with Crippen molar-refractivity contribution in [2.75, 3.05) is 11.9 Å². The van der Waals surface area contributed by atoms with Crippen molar-refractivity contribution in [3.63, 3.8) is 0 Å². The van der Waals surface area contributed by atoms with E-state index in [9.17, 15) is 14.4 Å². The summed E-state index contributed by atoms with van der Waals surface area (Å²) in [6.45, 7) is 10.4. The number of aromatic nitrogens is 1. The van der Waals surface area contributed by atoms with Crippen LogP contribution in [0.15, 0.2) is 18.2 Å². The van der Waals surface area contributed by atoms with Gasteiger partial charge in [0.15, 0.2) is 6.61 Å². The van der Waals surface area contributed by atoms with E-state index < -0.39 is 24.5 Å². The number of rotatable bonds is 8. The first-order valence-corrected chi connectivity index (χ1v) is 10.2. The molecule has 0 saturated carbocycles. The Hall–Kier alpha value is -3.09. The summed E-state index contributed by atoms with van der Waals surface area (Å²) in [5.74, 6) is -1.62. The largest absolute Gasteiger partial charge is 0.459 e. The zero-order valence-electron chi connectivity index (χ0n) is 18.5. The van der Waals surface area contributed by atoms with Crippen LogP contribution in [0.25, 0.3) is 0 Å². The molecule has 2 N–H and O–H groups in total. The second-order valence-corrected chi connectivity index (χ2v) is 7.36. The Kier molecular flexibility index (Phi) is 7.80. The highest BCUT2D eigenvalue weighted by atomic mass is 16.5. The van der Waals surface area contributed by atoms with Crippen LogP contribution in [0.5, 0.6) is 0 Å². The van der Waals surface area contributed by atoms with E-state index in [-0.39, 0.29) is 11.8 Å². The first-order valence-electron chi connectivity index (χ1n) is 10.2. The van der Waals surface area contributed by atoms with E-state index in [2.05, 4.69) is 10.3 Å². The van der Waals surface area contributed by atoms with Gasteiger partial charge in [-0.3, -0.25) is 4.79 Å². The Labute approximate surface area is 177 Å². The molecule has 0 aliphatic rings. The van der Waals surface area contributed by atoms with Gasteiger partial charge in [0.2, 0.25) is 0 Å². The van der Waals surface area contributed by atoms with Crippen LogP contribution in [0.2, 0.25) is 0 Å². The van der Waals surface area contributed by atoms with Crippen LogP contribution in [0.1, 0.15) is 70.9 Å². The average Bonchev–Trinajstić information content (AvgIpc) is 2.99. The van der Waals surface area contributed by atoms with E-state index in [1.165, 1.54) is 0 Å². The zero-order chi connectivity index (χ0) is 22.4. The molecule has 7 heteroatoms. The number of ether oxygens (including phenoxy) is 2. The second-order valence-electron chi connectivity index (χ2n) is 7.36. The molecule has 0 aliphatic carbocycles. The maximum Gasteiger partial charge on any atom is 0.355 e. The van der Waals surface area contributed by atoms with Crippen molar-refractivity contribution in [3.05, 3.63) is 51.8 Å². The summed E-state index contributed by atoms with van der Waals surface area (Å²) < 4.78 is 10.4. The van der Waals surface area contributed by atoms with Gasteiger partial charge in [-0.2, -0.15) is 0 Å². The number of aryl methyl sites for hydroxylation is 3. The average molecular weight is 415 g/mol. The fraction of sp³-hybridized carbons (Fsp3) is 0.435. The summed E-state index contributed by atoms with van der Waals surface area (Å²) in [7, 11) is 0. The van der Waals surface area contributed by atoms with Crippen LogP contribution in [0, 0.1) is 13.8 Å². The lowest BCUT2D eigenvalue weighted by Crippen LogP contribution is -2.22. The molecule has 2 aromatic rings. The predicted octanol–water partition coefficient (Wildman–Crippen LogP) is 4.12. The number of para-hydroxylation sites is 1. The molecule has 0 spiro atoms. The van der Waals surface area contributed by atoms with Crippen LogP contribution < -0.4 is 5.32 Å². The molecule has 1 aromatic heterocycles. The topological polar surface area (TPSA) is 97.5 Å². The Balaban J connectivity index is 2.08. The number of anilines is 1. The molecule has 0 fully saturated rings. The quantitative estimate of drug-likeness (QED) is 0.634. The smallest absolute Gasteiger partial charge is 0.355 e. The highest BCUT2D eigenvalue weighted by molar-refractivity contribution is 6.00. The lowest BCUT2D eigenvalue weighted by atomic mass is 10.0. The standard InChI is InChI=1S/C23H30N2O5/c1-7-16-10-9-11-17(8-2)21(16)25-18(26)12-29-23(28)20-14(5)19(15(6)24-20)22(27)30-13(3)4/h9-11,13,24H,7-8,12H2,1-6H3,(H,25,26). The molecule has 0 atom stereocenters. The molecule has 0 bridgehead atoms. The number of nitrogens with one attached hydrogen (secondary N) is 2. The number of hydrogen-bond acceptors (Lipinski definition) is 5. The van der Waals surface area contributed by atoms with Crippen molar-refractivity contribution in [1.29, 1.82) is 0 Å². The molecule has 1 heterocycles. The minimum atomic E-state index is -0.700. The monoisotopic (exact) mass is 414 g/mol. The molecule has 0 radical (unpaired) electrons. The summed E-state index contributed by atoms with van der Waals surface area (Å²) in [5.41, 5.74) is 4.22. The third-order valence-electron chi connectivity index (χ3n) is 4.79. The molecule has 162 valence electrons. The number of hydrogen-bond donors (Lipinski definition) is 2. The normalized spacial score (nSPS) is 10.8. The van der Waals surface area contributed by atoms with Gasteiger partial charge in [-0.15, -0.1) is 0 Å². The Bertz CT molecular complexity index is 921. The first-order chi connectivity index (χ1) is 14.2. The molecule has 0 unspecified atom stereocenters. The maximum atomic E-state index is 12.5. The van der Waals surface area contributed by atoms with Crippen molar-refractivity contribution in [3.8, 4) is 0 Å². The van der Waals surface area contributed by atoms with Crippen molar-refractivity contribution < 1.29 is 23.9 Å². The van der Waals surface area contributed by atoms with Crippen LogP contribution in [0.3, 0.4) is 0 Å². The highest BCUT2D eigenvalue weighted by Crippen LogP contribution is 2.23. The number of carbonyl (C=O) groups excluding carboxylic acids is 3. The molecule has 0 saturated heterocycles. The lowest BCUT2D eigenvalue weighted by molar-refractivity contribution is -0.119. The van der Waals surface area contributed by atoms with Gasteiger partial charge in [0.05, 0.1) is 11.7 Å². The third kappa shape index (κ3) is 5.28. The molecule has 1 aromatic carbocycles. The molecule has 7 nitrogen and oxygen atoms in total. The molecular weight excluding hydrogens is 384 g/mol. The lowest BCUT2D eigenvalue weighted by Gasteiger charge is -2.14. The molecule has 2 rings (SSSR count). The van der Waals surface area contributed by atoms with Gasteiger partial charge >= 0.3 is 11.9 Å². The number of aromatic amines is 1. The third-order valence-corrected chi connectivity index (χ3v) is 4.79. The fourth-order valence-corrected chi connectivity index (χ4v) is 3.32. The summed E-state index contributed by atoms with van der Waals surface area (Å²) >= 11 is 0.